The van der Waals surface area contributed by atoms with E-state index in [4.69, 9.17) is 14.5 Å². The number of piperidine rings is 1. The molecule has 4 rings (SSSR count). The van der Waals surface area contributed by atoms with Crippen molar-refractivity contribution in [2.75, 3.05) is 13.1 Å². The zero-order chi connectivity index (χ0) is 28.4. The molecule has 9 nitrogen and oxygen atoms in total. The van der Waals surface area contributed by atoms with Gasteiger partial charge in [-0.1, -0.05) is 12.1 Å². The average Bonchev–Trinajstić information content (AvgIpc) is 3.29. The number of rotatable bonds is 5. The Hall–Kier alpha value is -3.88. The van der Waals surface area contributed by atoms with E-state index in [0.717, 1.165) is 22.5 Å². The molecule has 2 aromatic heterocycles. The maximum atomic E-state index is 13.1. The van der Waals surface area contributed by atoms with Crippen LogP contribution in [-0.2, 0) is 20.8 Å². The fraction of sp³-hybridized carbons (Fsp3) is 0.467. The molecule has 0 bridgehead atoms. The molecule has 0 radical (unpaired) electrons. The molecule has 9 heteroatoms. The number of aromatic nitrogens is 2. The number of carbonyl (C=O) groups is 3. The number of hydrogen-bond acceptors (Lipinski definition) is 6. The molecular weight excluding hydrogens is 496 g/mol. The van der Waals surface area contributed by atoms with Crippen LogP contribution in [0.15, 0.2) is 48.8 Å². The SMILES string of the molecule is CC(C)(C)OC(=O)NCc1ccn2cc(-c3ccc(C(=O)N4CCC(C(=O)OC(C)(C)C)CC4)cc3)nc2c1. The van der Waals surface area contributed by atoms with Gasteiger partial charge in [-0.3, -0.25) is 9.59 Å². The Labute approximate surface area is 229 Å². The van der Waals surface area contributed by atoms with Gasteiger partial charge in [-0.15, -0.1) is 0 Å². The lowest BCUT2D eigenvalue weighted by atomic mass is 9.96. The Bertz CT molecular complexity index is 1340. The summed E-state index contributed by atoms with van der Waals surface area (Å²) in [4.78, 5) is 43.9. The van der Waals surface area contributed by atoms with Crippen molar-refractivity contribution in [2.24, 2.45) is 5.92 Å². The van der Waals surface area contributed by atoms with Crippen LogP contribution in [0.5, 0.6) is 0 Å². The van der Waals surface area contributed by atoms with E-state index in [2.05, 4.69) is 5.32 Å². The Morgan fingerprint density at radius 3 is 2.21 bits per heavy atom. The Balaban J connectivity index is 1.36. The summed E-state index contributed by atoms with van der Waals surface area (Å²) < 4.78 is 12.7. The molecular formula is C30H38N4O5. The molecule has 1 aliphatic heterocycles. The molecule has 3 aromatic rings. The van der Waals surface area contributed by atoms with E-state index in [0.29, 0.717) is 38.0 Å². The normalized spacial score (nSPS) is 14.8. The summed E-state index contributed by atoms with van der Waals surface area (Å²) in [6.45, 7) is 12.5. The Morgan fingerprint density at radius 2 is 1.59 bits per heavy atom. The zero-order valence-electron chi connectivity index (χ0n) is 23.6. The molecule has 0 aliphatic carbocycles. The van der Waals surface area contributed by atoms with Crippen molar-refractivity contribution in [1.29, 1.82) is 0 Å². The van der Waals surface area contributed by atoms with Crippen LogP contribution in [-0.4, -0.2) is 56.5 Å². The number of benzene rings is 1. The zero-order valence-corrected chi connectivity index (χ0v) is 23.6. The van der Waals surface area contributed by atoms with Crippen LogP contribution in [0.4, 0.5) is 4.79 Å². The lowest BCUT2D eigenvalue weighted by Crippen LogP contribution is -2.41. The lowest BCUT2D eigenvalue weighted by molar-refractivity contribution is -0.161. The minimum atomic E-state index is -0.551. The standard InChI is InChI=1S/C30H38N4O5/c1-29(2,3)38-27(36)23-12-15-33(16-13-23)26(35)22-9-7-21(8-10-22)24-19-34-14-11-20(17-25(34)32-24)18-31-28(37)39-30(4,5)6/h7-11,14,17,19,23H,12-13,15-16,18H2,1-6H3,(H,31,37). The molecule has 3 heterocycles. The molecule has 1 aromatic carbocycles. The average molecular weight is 535 g/mol. The van der Waals surface area contributed by atoms with E-state index in [1.807, 2.05) is 94.7 Å². The maximum Gasteiger partial charge on any atom is 0.407 e. The number of likely N-dealkylation sites (tertiary alicyclic amines) is 1. The summed E-state index contributed by atoms with van der Waals surface area (Å²) in [5, 5.41) is 2.76. The first-order valence-electron chi connectivity index (χ1n) is 13.3. The molecule has 1 fully saturated rings. The van der Waals surface area contributed by atoms with Gasteiger partial charge in [0.1, 0.15) is 16.8 Å². The quantitative estimate of drug-likeness (QED) is 0.450. The van der Waals surface area contributed by atoms with Gasteiger partial charge in [0.05, 0.1) is 11.6 Å². The third-order valence-electron chi connectivity index (χ3n) is 6.31. The number of esters is 1. The largest absolute Gasteiger partial charge is 0.460 e. The van der Waals surface area contributed by atoms with Crippen LogP contribution in [0.3, 0.4) is 0 Å². The van der Waals surface area contributed by atoms with Crippen molar-refractivity contribution < 1.29 is 23.9 Å². The summed E-state index contributed by atoms with van der Waals surface area (Å²) in [6, 6.07) is 11.3. The van der Waals surface area contributed by atoms with Gasteiger partial charge in [0.15, 0.2) is 0 Å². The molecule has 0 saturated carbocycles. The summed E-state index contributed by atoms with van der Waals surface area (Å²) >= 11 is 0. The number of nitrogens with one attached hydrogen (secondary N) is 1. The number of pyridine rings is 1. The second-order valence-electron chi connectivity index (χ2n) is 12.0. The molecule has 1 aliphatic rings. The minimum Gasteiger partial charge on any atom is -0.460 e. The molecule has 39 heavy (non-hydrogen) atoms. The first-order chi connectivity index (χ1) is 18.3. The van der Waals surface area contributed by atoms with Crippen molar-refractivity contribution in [3.63, 3.8) is 0 Å². The smallest absolute Gasteiger partial charge is 0.407 e. The molecule has 2 amide bonds. The Kier molecular flexibility index (Phi) is 7.99. The van der Waals surface area contributed by atoms with E-state index in [1.54, 1.807) is 4.90 Å². The summed E-state index contributed by atoms with van der Waals surface area (Å²) in [5.74, 6) is -0.390. The number of amides is 2. The highest BCUT2D eigenvalue weighted by Crippen LogP contribution is 2.24. The fourth-order valence-electron chi connectivity index (χ4n) is 4.43. The van der Waals surface area contributed by atoms with E-state index >= 15 is 0 Å². The van der Waals surface area contributed by atoms with Gasteiger partial charge >= 0.3 is 12.1 Å². The summed E-state index contributed by atoms with van der Waals surface area (Å²) in [7, 11) is 0. The molecule has 1 N–H and O–H groups in total. The van der Waals surface area contributed by atoms with Crippen LogP contribution < -0.4 is 5.32 Å². The molecule has 1 saturated heterocycles. The second-order valence-corrected chi connectivity index (χ2v) is 12.0. The molecule has 208 valence electrons. The van der Waals surface area contributed by atoms with E-state index in [-0.39, 0.29) is 17.8 Å². The van der Waals surface area contributed by atoms with Crippen LogP contribution in [0.2, 0.25) is 0 Å². The number of ether oxygens (including phenoxy) is 2. The van der Waals surface area contributed by atoms with Gasteiger partial charge < -0.3 is 24.1 Å². The second kappa shape index (κ2) is 11.1. The highest BCUT2D eigenvalue weighted by atomic mass is 16.6. The maximum absolute atomic E-state index is 13.1. The molecule has 0 spiro atoms. The van der Waals surface area contributed by atoms with Gasteiger partial charge in [-0.25, -0.2) is 9.78 Å². The third-order valence-corrected chi connectivity index (χ3v) is 6.31. The number of imidazole rings is 1. The highest BCUT2D eigenvalue weighted by Gasteiger charge is 2.31. The van der Waals surface area contributed by atoms with Gasteiger partial charge in [0.2, 0.25) is 0 Å². The first kappa shape index (κ1) is 28.1. The van der Waals surface area contributed by atoms with Crippen LogP contribution in [0.25, 0.3) is 16.9 Å². The third kappa shape index (κ3) is 7.59. The van der Waals surface area contributed by atoms with Crippen molar-refractivity contribution in [3.8, 4) is 11.3 Å². The number of carbonyl (C=O) groups excluding carboxylic acids is 3. The van der Waals surface area contributed by atoms with Gasteiger partial charge in [0.25, 0.3) is 5.91 Å². The Morgan fingerprint density at radius 1 is 0.949 bits per heavy atom. The fourth-order valence-corrected chi connectivity index (χ4v) is 4.43. The van der Waals surface area contributed by atoms with E-state index in [9.17, 15) is 14.4 Å². The van der Waals surface area contributed by atoms with Crippen LogP contribution in [0, 0.1) is 5.92 Å². The van der Waals surface area contributed by atoms with Gasteiger partial charge in [-0.2, -0.15) is 0 Å². The molecule has 0 atom stereocenters. The lowest BCUT2D eigenvalue weighted by Gasteiger charge is -2.32. The predicted molar refractivity (Wildman–Crippen MR) is 148 cm³/mol. The first-order valence-corrected chi connectivity index (χ1v) is 13.3. The van der Waals surface area contributed by atoms with Gasteiger partial charge in [-0.05, 0) is 84.2 Å². The highest BCUT2D eigenvalue weighted by molar-refractivity contribution is 5.95. The number of nitrogens with zero attached hydrogens (tertiary/aromatic N) is 3. The monoisotopic (exact) mass is 534 g/mol. The summed E-state index contributed by atoms with van der Waals surface area (Å²) in [5.41, 5.74) is 2.88. The van der Waals surface area contributed by atoms with Crippen molar-refractivity contribution in [2.45, 2.75) is 72.1 Å². The van der Waals surface area contributed by atoms with E-state index < -0.39 is 17.3 Å². The van der Waals surface area contributed by atoms with Crippen molar-refractivity contribution in [1.82, 2.24) is 19.6 Å². The van der Waals surface area contributed by atoms with E-state index in [1.165, 1.54) is 0 Å². The predicted octanol–water partition coefficient (Wildman–Crippen LogP) is 5.22. The molecule has 0 unspecified atom stereocenters. The van der Waals surface area contributed by atoms with Crippen LogP contribution in [0.1, 0.15) is 70.3 Å². The van der Waals surface area contributed by atoms with Crippen molar-refractivity contribution in [3.05, 3.63) is 59.9 Å². The number of alkyl carbamates (subject to hydrolysis) is 1. The van der Waals surface area contributed by atoms with Crippen molar-refractivity contribution >= 4 is 23.6 Å². The van der Waals surface area contributed by atoms with Crippen LogP contribution >= 0.6 is 0 Å². The van der Waals surface area contributed by atoms with Gasteiger partial charge in [0, 0.05) is 43.2 Å². The summed E-state index contributed by atoms with van der Waals surface area (Å²) in [6.07, 6.45) is 4.58. The minimum absolute atomic E-state index is 0.0404. The number of fused-ring (bicyclic) bond motifs is 1. The topological polar surface area (TPSA) is 102 Å². The number of hydrogen-bond donors (Lipinski definition) is 1.